The quantitative estimate of drug-likeness (QED) is 0.469. The van der Waals surface area contributed by atoms with Crippen molar-refractivity contribution in [3.05, 3.63) is 53.9 Å². The van der Waals surface area contributed by atoms with Gasteiger partial charge >= 0.3 is 0 Å². The lowest BCUT2D eigenvalue weighted by molar-refractivity contribution is -0.121. The number of carbonyl (C=O) groups excluding carboxylic acids is 1. The topological polar surface area (TPSA) is 71.8 Å². The molecule has 2 aromatic heterocycles. The van der Waals surface area contributed by atoms with Gasteiger partial charge in [0.1, 0.15) is 23.1 Å². The molecular formula is C25H31F2N5O2. The third-order valence-electron chi connectivity index (χ3n) is 6.68. The highest BCUT2D eigenvalue weighted by Crippen LogP contribution is 2.37. The second-order valence-corrected chi connectivity index (χ2v) is 8.73. The minimum absolute atomic E-state index is 0.0275. The molecule has 1 amide bonds. The van der Waals surface area contributed by atoms with Crippen LogP contribution in [0.1, 0.15) is 57.6 Å². The van der Waals surface area contributed by atoms with Crippen LogP contribution < -0.4 is 10.2 Å². The van der Waals surface area contributed by atoms with E-state index in [2.05, 4.69) is 10.4 Å². The van der Waals surface area contributed by atoms with E-state index in [9.17, 15) is 13.6 Å². The van der Waals surface area contributed by atoms with E-state index in [4.69, 9.17) is 9.72 Å². The van der Waals surface area contributed by atoms with E-state index < -0.39 is 11.6 Å². The third kappa shape index (κ3) is 4.89. The molecule has 0 aliphatic carbocycles. The monoisotopic (exact) mass is 471 g/mol. The molecule has 1 fully saturated rings. The molecule has 0 radical (unpaired) electrons. The Bertz CT molecular complexity index is 1150. The Hall–Kier alpha value is -3.07. The molecule has 3 heterocycles. The number of rotatable bonds is 9. The van der Waals surface area contributed by atoms with Crippen LogP contribution in [0.3, 0.4) is 0 Å². The van der Waals surface area contributed by atoms with Crippen LogP contribution in [0.4, 0.5) is 20.3 Å². The largest absolute Gasteiger partial charge is 0.381 e. The van der Waals surface area contributed by atoms with Crippen molar-refractivity contribution >= 4 is 23.1 Å². The Morgan fingerprint density at radius 2 is 2.09 bits per heavy atom. The Balaban J connectivity index is 1.59. The molecular weight excluding hydrogens is 440 g/mol. The van der Waals surface area contributed by atoms with E-state index in [0.717, 1.165) is 18.9 Å². The van der Waals surface area contributed by atoms with Gasteiger partial charge < -0.3 is 15.0 Å². The number of anilines is 2. The molecule has 1 aliphatic heterocycles. The summed E-state index contributed by atoms with van der Waals surface area (Å²) in [5.41, 5.74) is 1.35. The highest BCUT2D eigenvalue weighted by molar-refractivity contribution is 5.95. The number of hydrogen-bond acceptors (Lipinski definition) is 5. The van der Waals surface area contributed by atoms with E-state index >= 15 is 0 Å². The van der Waals surface area contributed by atoms with Crippen LogP contribution in [0.25, 0.3) is 5.65 Å². The van der Waals surface area contributed by atoms with Crippen molar-refractivity contribution in [3.8, 4) is 0 Å². The maximum atomic E-state index is 14.5. The SMILES string of the molecule is CCC(CC(CC)C(=O)Nc1cnn2ccc(N3CCCC3c3cc(F)ccc3F)nc12)OC. The first-order valence-corrected chi connectivity index (χ1v) is 11.8. The fourth-order valence-electron chi connectivity index (χ4n) is 4.68. The average Bonchev–Trinajstić information content (AvgIpc) is 3.48. The molecule has 34 heavy (non-hydrogen) atoms. The Kier molecular flexibility index (Phi) is 7.41. The number of halogens is 2. The molecule has 7 nitrogen and oxygen atoms in total. The summed E-state index contributed by atoms with van der Waals surface area (Å²) < 4.78 is 35.4. The molecule has 182 valence electrons. The summed E-state index contributed by atoms with van der Waals surface area (Å²) in [5.74, 6) is -0.546. The molecule has 0 spiro atoms. The fourth-order valence-corrected chi connectivity index (χ4v) is 4.68. The maximum absolute atomic E-state index is 14.5. The van der Waals surface area contributed by atoms with Gasteiger partial charge in [-0.15, -0.1) is 0 Å². The van der Waals surface area contributed by atoms with E-state index in [0.29, 0.717) is 48.5 Å². The predicted molar refractivity (Wildman–Crippen MR) is 127 cm³/mol. The molecule has 1 N–H and O–H groups in total. The number of amides is 1. The number of carbonyl (C=O) groups is 1. The summed E-state index contributed by atoms with van der Waals surface area (Å²) in [6, 6.07) is 5.05. The van der Waals surface area contributed by atoms with Crippen molar-refractivity contribution in [3.63, 3.8) is 0 Å². The lowest BCUT2D eigenvalue weighted by Gasteiger charge is -2.26. The lowest BCUT2D eigenvalue weighted by atomic mass is 9.96. The first-order chi connectivity index (χ1) is 16.4. The van der Waals surface area contributed by atoms with E-state index in [1.54, 1.807) is 30.1 Å². The smallest absolute Gasteiger partial charge is 0.227 e. The van der Waals surface area contributed by atoms with Crippen LogP contribution in [0, 0.1) is 17.6 Å². The lowest BCUT2D eigenvalue weighted by Crippen LogP contribution is -2.27. The predicted octanol–water partition coefficient (Wildman–Crippen LogP) is 5.13. The van der Waals surface area contributed by atoms with Gasteiger partial charge in [0.05, 0.1) is 18.3 Å². The average molecular weight is 472 g/mol. The summed E-state index contributed by atoms with van der Waals surface area (Å²) in [6.07, 6.45) is 7.08. The van der Waals surface area contributed by atoms with Gasteiger partial charge in [-0.05, 0) is 56.4 Å². The van der Waals surface area contributed by atoms with Gasteiger partial charge in [-0.1, -0.05) is 13.8 Å². The zero-order valence-corrected chi connectivity index (χ0v) is 19.8. The Morgan fingerprint density at radius 1 is 1.26 bits per heavy atom. The molecule has 4 rings (SSSR count). The van der Waals surface area contributed by atoms with Crippen molar-refractivity contribution in [2.45, 2.75) is 58.1 Å². The Morgan fingerprint density at radius 3 is 2.82 bits per heavy atom. The molecule has 1 aliphatic rings. The molecule has 0 bridgehead atoms. The van der Waals surface area contributed by atoms with Crippen molar-refractivity contribution in [1.29, 1.82) is 0 Å². The van der Waals surface area contributed by atoms with Crippen molar-refractivity contribution in [2.75, 3.05) is 23.9 Å². The van der Waals surface area contributed by atoms with Crippen LogP contribution in [-0.4, -0.2) is 40.3 Å². The van der Waals surface area contributed by atoms with E-state index in [-0.39, 0.29) is 24.0 Å². The minimum Gasteiger partial charge on any atom is -0.381 e. The number of nitrogens with zero attached hydrogens (tertiary/aromatic N) is 4. The van der Waals surface area contributed by atoms with E-state index in [1.807, 2.05) is 18.7 Å². The third-order valence-corrected chi connectivity index (χ3v) is 6.68. The van der Waals surface area contributed by atoms with Crippen molar-refractivity contribution in [2.24, 2.45) is 5.92 Å². The standard InChI is InChI=1S/C25H31F2N5O2/c1-4-16(13-18(5-2)34-3)25(33)29-21-15-28-32-12-10-23(30-24(21)32)31-11-6-7-22(31)19-14-17(26)8-9-20(19)27/h8-10,12,14-16,18,22H,4-7,11,13H2,1-3H3,(H,29,33). The number of methoxy groups -OCH3 is 1. The summed E-state index contributed by atoms with van der Waals surface area (Å²) in [7, 11) is 1.66. The number of benzene rings is 1. The van der Waals surface area contributed by atoms with Gasteiger partial charge in [0.2, 0.25) is 5.91 Å². The first kappa shape index (κ1) is 24.1. The number of ether oxygens (including phenoxy) is 1. The Labute approximate surface area is 198 Å². The number of hydrogen-bond donors (Lipinski definition) is 1. The molecule has 3 atom stereocenters. The molecule has 1 saturated heterocycles. The molecule has 1 aromatic carbocycles. The van der Waals surface area contributed by atoms with Crippen LogP contribution in [-0.2, 0) is 9.53 Å². The summed E-state index contributed by atoms with van der Waals surface area (Å²) in [5, 5.41) is 7.29. The van der Waals surface area contributed by atoms with Gasteiger partial charge in [-0.25, -0.2) is 18.3 Å². The molecule has 0 saturated carbocycles. The zero-order chi connectivity index (χ0) is 24.2. The summed E-state index contributed by atoms with van der Waals surface area (Å²) >= 11 is 0. The van der Waals surface area contributed by atoms with Crippen LogP contribution in [0.5, 0.6) is 0 Å². The van der Waals surface area contributed by atoms with Gasteiger partial charge in [0.15, 0.2) is 5.65 Å². The molecule has 9 heteroatoms. The summed E-state index contributed by atoms with van der Waals surface area (Å²) in [4.78, 5) is 19.7. The summed E-state index contributed by atoms with van der Waals surface area (Å²) in [6.45, 7) is 4.70. The van der Waals surface area contributed by atoms with Gasteiger partial charge in [0, 0.05) is 31.3 Å². The number of fused-ring (bicyclic) bond motifs is 1. The highest BCUT2D eigenvalue weighted by Gasteiger charge is 2.30. The number of nitrogens with one attached hydrogen (secondary N) is 1. The normalized spacial score (nSPS) is 17.8. The number of aromatic nitrogens is 3. The molecule has 3 unspecified atom stereocenters. The zero-order valence-electron chi connectivity index (χ0n) is 19.8. The minimum atomic E-state index is -0.461. The van der Waals surface area contributed by atoms with Crippen LogP contribution in [0.15, 0.2) is 36.7 Å². The van der Waals surface area contributed by atoms with Gasteiger partial charge in [-0.3, -0.25) is 4.79 Å². The van der Waals surface area contributed by atoms with Gasteiger partial charge in [-0.2, -0.15) is 5.10 Å². The fraction of sp³-hybridized carbons (Fsp3) is 0.480. The van der Waals surface area contributed by atoms with Crippen molar-refractivity contribution < 1.29 is 18.3 Å². The van der Waals surface area contributed by atoms with E-state index in [1.165, 1.54) is 12.1 Å². The molecule has 3 aromatic rings. The van der Waals surface area contributed by atoms with Crippen LogP contribution in [0.2, 0.25) is 0 Å². The highest BCUT2D eigenvalue weighted by atomic mass is 19.1. The van der Waals surface area contributed by atoms with Crippen LogP contribution >= 0.6 is 0 Å². The second kappa shape index (κ2) is 10.5. The maximum Gasteiger partial charge on any atom is 0.227 e. The second-order valence-electron chi connectivity index (χ2n) is 8.73. The van der Waals surface area contributed by atoms with Gasteiger partial charge in [0.25, 0.3) is 0 Å². The first-order valence-electron chi connectivity index (χ1n) is 11.8. The van der Waals surface area contributed by atoms with Crippen molar-refractivity contribution in [1.82, 2.24) is 14.6 Å².